The van der Waals surface area contributed by atoms with E-state index in [9.17, 15) is 4.39 Å². The summed E-state index contributed by atoms with van der Waals surface area (Å²) in [6.07, 6.45) is 4.76. The Labute approximate surface area is 98.5 Å². The summed E-state index contributed by atoms with van der Waals surface area (Å²) < 4.78 is 18.8. The van der Waals surface area contributed by atoms with Crippen LogP contribution in [-0.4, -0.2) is 17.0 Å². The lowest BCUT2D eigenvalue weighted by atomic mass is 10.3. The van der Waals surface area contributed by atoms with Gasteiger partial charge in [-0.05, 0) is 18.2 Å². The molecule has 0 aromatic carbocycles. The van der Waals surface area contributed by atoms with Gasteiger partial charge in [0.05, 0.1) is 11.9 Å². The molecule has 0 aliphatic heterocycles. The average molecular weight is 233 g/mol. The summed E-state index contributed by atoms with van der Waals surface area (Å²) >= 11 is 0. The minimum Gasteiger partial charge on any atom is -0.483 e. The molecule has 0 radical (unpaired) electrons. The highest BCUT2D eigenvalue weighted by Crippen LogP contribution is 2.22. The van der Waals surface area contributed by atoms with Crippen molar-refractivity contribution in [3.63, 3.8) is 0 Å². The van der Waals surface area contributed by atoms with E-state index in [0.29, 0.717) is 5.75 Å². The predicted octanol–water partition coefficient (Wildman–Crippen LogP) is 2.24. The molecule has 0 saturated heterocycles. The fourth-order valence-electron chi connectivity index (χ4n) is 1.37. The molecule has 0 atom stereocenters. The molecule has 4 nitrogen and oxygen atoms in total. The maximum atomic E-state index is 13.3. The first-order valence-corrected chi connectivity index (χ1v) is 5.15. The number of hydrogen-bond donors (Lipinski definition) is 1. The summed E-state index contributed by atoms with van der Waals surface area (Å²) in [4.78, 5) is 7.86. The summed E-state index contributed by atoms with van der Waals surface area (Å²) in [5, 5.41) is 2.97. The minimum atomic E-state index is -0.373. The first-order chi connectivity index (χ1) is 8.31. The van der Waals surface area contributed by atoms with Crippen LogP contribution >= 0.6 is 0 Å². The zero-order chi connectivity index (χ0) is 12.1. The molecule has 0 fully saturated rings. The molecular formula is C12H12FN3O. The molecule has 2 aromatic rings. The van der Waals surface area contributed by atoms with E-state index in [0.717, 1.165) is 5.69 Å². The Bertz CT molecular complexity index is 505. The molecule has 0 bridgehead atoms. The van der Waals surface area contributed by atoms with Gasteiger partial charge in [-0.25, -0.2) is 4.39 Å². The number of pyridine rings is 2. The van der Waals surface area contributed by atoms with Crippen LogP contribution in [0.1, 0.15) is 5.69 Å². The number of halogens is 1. The standard InChI is InChI=1S/C12H12FN3O/c1-14-10-4-6-15-7-12(10)17-8-11-9(13)3-2-5-16-11/h2-7H,8H2,1H3,(H,14,15). The molecule has 0 aliphatic rings. The number of hydrogen-bond acceptors (Lipinski definition) is 4. The fourth-order valence-corrected chi connectivity index (χ4v) is 1.37. The highest BCUT2D eigenvalue weighted by molar-refractivity contribution is 5.53. The van der Waals surface area contributed by atoms with E-state index in [1.54, 1.807) is 31.6 Å². The van der Waals surface area contributed by atoms with E-state index in [4.69, 9.17) is 4.74 Å². The summed E-state index contributed by atoms with van der Waals surface area (Å²) in [5.41, 5.74) is 1.08. The maximum absolute atomic E-state index is 13.3. The summed E-state index contributed by atoms with van der Waals surface area (Å²) in [6.45, 7) is 0.0764. The topological polar surface area (TPSA) is 47.0 Å². The summed E-state index contributed by atoms with van der Waals surface area (Å²) in [5.74, 6) is 0.197. The van der Waals surface area contributed by atoms with Gasteiger partial charge in [0.25, 0.3) is 0 Å². The molecule has 2 heterocycles. The van der Waals surface area contributed by atoms with E-state index in [1.807, 2.05) is 0 Å². The molecule has 1 N–H and O–H groups in total. The lowest BCUT2D eigenvalue weighted by molar-refractivity contribution is 0.294. The normalized spacial score (nSPS) is 10.0. The second kappa shape index (κ2) is 5.25. The van der Waals surface area contributed by atoms with Crippen molar-refractivity contribution in [3.05, 3.63) is 48.3 Å². The van der Waals surface area contributed by atoms with Crippen LogP contribution in [-0.2, 0) is 6.61 Å². The van der Waals surface area contributed by atoms with Crippen LogP contribution in [0.2, 0.25) is 0 Å². The van der Waals surface area contributed by atoms with Gasteiger partial charge in [0, 0.05) is 19.4 Å². The van der Waals surface area contributed by atoms with Crippen molar-refractivity contribution < 1.29 is 9.13 Å². The zero-order valence-corrected chi connectivity index (χ0v) is 9.35. The number of nitrogens with one attached hydrogen (secondary N) is 1. The minimum absolute atomic E-state index is 0.0764. The molecule has 2 aromatic heterocycles. The van der Waals surface area contributed by atoms with E-state index >= 15 is 0 Å². The van der Waals surface area contributed by atoms with Crippen LogP contribution in [0.15, 0.2) is 36.8 Å². The highest BCUT2D eigenvalue weighted by Gasteiger charge is 2.06. The Morgan fingerprint density at radius 2 is 2.24 bits per heavy atom. The molecule has 17 heavy (non-hydrogen) atoms. The molecule has 5 heteroatoms. The number of anilines is 1. The largest absolute Gasteiger partial charge is 0.483 e. The first-order valence-electron chi connectivity index (χ1n) is 5.15. The Kier molecular flexibility index (Phi) is 3.49. The number of rotatable bonds is 4. The van der Waals surface area contributed by atoms with E-state index < -0.39 is 0 Å². The average Bonchev–Trinajstić information content (AvgIpc) is 2.38. The van der Waals surface area contributed by atoms with Crippen LogP contribution < -0.4 is 10.1 Å². The number of ether oxygens (including phenoxy) is 1. The molecule has 2 rings (SSSR count). The van der Waals surface area contributed by atoms with Gasteiger partial charge in [-0.2, -0.15) is 0 Å². The third-order valence-electron chi connectivity index (χ3n) is 2.25. The van der Waals surface area contributed by atoms with Crippen molar-refractivity contribution in [1.29, 1.82) is 0 Å². The van der Waals surface area contributed by atoms with E-state index in [-0.39, 0.29) is 18.1 Å². The Morgan fingerprint density at radius 3 is 3.00 bits per heavy atom. The van der Waals surface area contributed by atoms with E-state index in [2.05, 4.69) is 15.3 Å². The smallest absolute Gasteiger partial charge is 0.161 e. The predicted molar refractivity (Wildman–Crippen MR) is 62.3 cm³/mol. The quantitative estimate of drug-likeness (QED) is 0.879. The van der Waals surface area contributed by atoms with Gasteiger partial charge in [-0.3, -0.25) is 9.97 Å². The number of nitrogens with zero attached hydrogens (tertiary/aromatic N) is 2. The summed E-state index contributed by atoms with van der Waals surface area (Å²) in [7, 11) is 1.78. The Balaban J connectivity index is 2.10. The van der Waals surface area contributed by atoms with Crippen LogP contribution in [0.3, 0.4) is 0 Å². The van der Waals surface area contributed by atoms with Crippen LogP contribution in [0, 0.1) is 5.82 Å². The van der Waals surface area contributed by atoms with Crippen molar-refractivity contribution >= 4 is 5.69 Å². The van der Waals surface area contributed by atoms with Crippen molar-refractivity contribution in [1.82, 2.24) is 9.97 Å². The zero-order valence-electron chi connectivity index (χ0n) is 9.35. The van der Waals surface area contributed by atoms with Gasteiger partial charge >= 0.3 is 0 Å². The lowest BCUT2D eigenvalue weighted by Gasteiger charge is -2.10. The third kappa shape index (κ3) is 2.69. The van der Waals surface area contributed by atoms with Crippen molar-refractivity contribution in [2.75, 3.05) is 12.4 Å². The van der Waals surface area contributed by atoms with Gasteiger partial charge in [-0.1, -0.05) is 0 Å². The maximum Gasteiger partial charge on any atom is 0.161 e. The SMILES string of the molecule is CNc1ccncc1OCc1ncccc1F. The summed E-state index contributed by atoms with van der Waals surface area (Å²) in [6, 6.07) is 4.68. The molecule has 0 saturated carbocycles. The molecule has 0 unspecified atom stereocenters. The fraction of sp³-hybridized carbons (Fsp3) is 0.167. The van der Waals surface area contributed by atoms with Crippen LogP contribution in [0.25, 0.3) is 0 Å². The van der Waals surface area contributed by atoms with Gasteiger partial charge in [0.2, 0.25) is 0 Å². The molecule has 0 spiro atoms. The number of aromatic nitrogens is 2. The van der Waals surface area contributed by atoms with Crippen molar-refractivity contribution in [2.45, 2.75) is 6.61 Å². The monoisotopic (exact) mass is 233 g/mol. The molecule has 0 aliphatic carbocycles. The lowest BCUT2D eigenvalue weighted by Crippen LogP contribution is -2.03. The van der Waals surface area contributed by atoms with Crippen molar-refractivity contribution in [2.24, 2.45) is 0 Å². The molecule has 88 valence electrons. The second-order valence-corrected chi connectivity index (χ2v) is 3.34. The third-order valence-corrected chi connectivity index (χ3v) is 2.25. The van der Waals surface area contributed by atoms with Crippen molar-refractivity contribution in [3.8, 4) is 5.75 Å². The van der Waals surface area contributed by atoms with Gasteiger partial charge in [0.15, 0.2) is 5.75 Å². The molecule has 0 amide bonds. The van der Waals surface area contributed by atoms with Gasteiger partial charge < -0.3 is 10.1 Å². The van der Waals surface area contributed by atoms with E-state index in [1.165, 1.54) is 12.3 Å². The Morgan fingerprint density at radius 1 is 1.35 bits per heavy atom. The molecular weight excluding hydrogens is 221 g/mol. The van der Waals surface area contributed by atoms with Crippen LogP contribution in [0.4, 0.5) is 10.1 Å². The van der Waals surface area contributed by atoms with Crippen LogP contribution in [0.5, 0.6) is 5.75 Å². The van der Waals surface area contributed by atoms with Gasteiger partial charge in [0.1, 0.15) is 18.1 Å². The van der Waals surface area contributed by atoms with Gasteiger partial charge in [-0.15, -0.1) is 0 Å². The highest BCUT2D eigenvalue weighted by atomic mass is 19.1. The first kappa shape index (κ1) is 11.3. The Hall–Kier alpha value is -2.17. The second-order valence-electron chi connectivity index (χ2n) is 3.34.